The molecule has 1 fully saturated rings. The summed E-state index contributed by atoms with van der Waals surface area (Å²) in [5.41, 5.74) is 1.47. The highest BCUT2D eigenvalue weighted by Gasteiger charge is 2.39. The van der Waals surface area contributed by atoms with E-state index in [4.69, 9.17) is 0 Å². The molecule has 100 valence electrons. The van der Waals surface area contributed by atoms with E-state index in [1.807, 2.05) is 18.2 Å². The molecule has 1 amide bonds. The highest BCUT2D eigenvalue weighted by Crippen LogP contribution is 2.36. The standard InChI is InChI=1S/C13H14N2O3S/c16-12(10-6-19-7-14-10)15-5-9(13(17)18)8-3-1-2-4-11(8)15/h1-4,9-10,14H,5-7H2,(H,17,18). The van der Waals surface area contributed by atoms with Crippen LogP contribution in [0.15, 0.2) is 24.3 Å². The monoisotopic (exact) mass is 278 g/mol. The van der Waals surface area contributed by atoms with Gasteiger partial charge in [-0.15, -0.1) is 11.8 Å². The molecule has 0 aliphatic carbocycles. The Morgan fingerprint density at radius 1 is 1.37 bits per heavy atom. The first-order valence-electron chi connectivity index (χ1n) is 6.12. The summed E-state index contributed by atoms with van der Waals surface area (Å²) in [6.07, 6.45) is 0. The molecule has 2 aliphatic rings. The molecule has 2 heterocycles. The van der Waals surface area contributed by atoms with Gasteiger partial charge in [0.2, 0.25) is 5.91 Å². The van der Waals surface area contributed by atoms with Crippen molar-refractivity contribution < 1.29 is 14.7 Å². The number of nitrogens with zero attached hydrogens (tertiary/aromatic N) is 1. The van der Waals surface area contributed by atoms with Crippen molar-refractivity contribution in [3.8, 4) is 0 Å². The highest BCUT2D eigenvalue weighted by molar-refractivity contribution is 7.99. The number of para-hydroxylation sites is 1. The lowest BCUT2D eigenvalue weighted by molar-refractivity contribution is -0.138. The zero-order valence-corrected chi connectivity index (χ0v) is 11.0. The second-order valence-electron chi connectivity index (χ2n) is 4.67. The van der Waals surface area contributed by atoms with Crippen LogP contribution in [-0.2, 0) is 9.59 Å². The van der Waals surface area contributed by atoms with Gasteiger partial charge in [0.25, 0.3) is 0 Å². The van der Waals surface area contributed by atoms with Crippen molar-refractivity contribution in [3.05, 3.63) is 29.8 Å². The first-order chi connectivity index (χ1) is 9.18. The number of benzene rings is 1. The number of nitrogens with one attached hydrogen (secondary N) is 1. The molecule has 1 aromatic carbocycles. The van der Waals surface area contributed by atoms with Crippen molar-refractivity contribution in [2.24, 2.45) is 0 Å². The first-order valence-corrected chi connectivity index (χ1v) is 7.28. The van der Waals surface area contributed by atoms with Crippen molar-refractivity contribution in [1.29, 1.82) is 0 Å². The van der Waals surface area contributed by atoms with Gasteiger partial charge < -0.3 is 10.0 Å². The third-order valence-electron chi connectivity index (χ3n) is 3.55. The molecule has 2 unspecified atom stereocenters. The van der Waals surface area contributed by atoms with Gasteiger partial charge in [-0.05, 0) is 11.6 Å². The predicted octanol–water partition coefficient (Wildman–Crippen LogP) is 0.864. The zero-order chi connectivity index (χ0) is 13.4. The molecule has 2 N–H and O–H groups in total. The third kappa shape index (κ3) is 2.11. The van der Waals surface area contributed by atoms with Crippen molar-refractivity contribution >= 4 is 29.3 Å². The van der Waals surface area contributed by atoms with E-state index in [-0.39, 0.29) is 18.5 Å². The van der Waals surface area contributed by atoms with Gasteiger partial charge in [-0.25, -0.2) is 0 Å². The number of hydrogen-bond donors (Lipinski definition) is 2. The number of amides is 1. The fourth-order valence-electron chi connectivity index (χ4n) is 2.57. The van der Waals surface area contributed by atoms with E-state index in [1.54, 1.807) is 22.7 Å². The van der Waals surface area contributed by atoms with Crippen LogP contribution in [0.25, 0.3) is 0 Å². The molecule has 0 saturated carbocycles. The minimum absolute atomic E-state index is 0.0267. The molecule has 0 radical (unpaired) electrons. The molecule has 2 aliphatic heterocycles. The Morgan fingerprint density at radius 2 is 2.16 bits per heavy atom. The molecular weight excluding hydrogens is 264 g/mol. The predicted molar refractivity (Wildman–Crippen MR) is 73.4 cm³/mol. The number of hydrogen-bond acceptors (Lipinski definition) is 4. The van der Waals surface area contributed by atoms with Gasteiger partial charge in [-0.2, -0.15) is 0 Å². The number of rotatable bonds is 2. The summed E-state index contributed by atoms with van der Waals surface area (Å²) in [6.45, 7) is 0.232. The maximum atomic E-state index is 12.4. The molecule has 5 nitrogen and oxygen atoms in total. The van der Waals surface area contributed by atoms with Crippen molar-refractivity contribution in [2.45, 2.75) is 12.0 Å². The van der Waals surface area contributed by atoms with E-state index in [0.29, 0.717) is 0 Å². The number of carbonyl (C=O) groups is 2. The van der Waals surface area contributed by atoms with Gasteiger partial charge >= 0.3 is 5.97 Å². The SMILES string of the molecule is O=C(O)C1CN(C(=O)C2CSCN2)c2ccccc21. The van der Waals surface area contributed by atoms with Crippen molar-refractivity contribution in [2.75, 3.05) is 23.1 Å². The summed E-state index contributed by atoms with van der Waals surface area (Å²) in [7, 11) is 0. The van der Waals surface area contributed by atoms with Crippen LogP contribution in [0.3, 0.4) is 0 Å². The van der Waals surface area contributed by atoms with Crippen LogP contribution in [0.4, 0.5) is 5.69 Å². The van der Waals surface area contributed by atoms with Gasteiger partial charge in [0, 0.05) is 23.9 Å². The van der Waals surface area contributed by atoms with Gasteiger partial charge in [0.15, 0.2) is 0 Å². The van der Waals surface area contributed by atoms with Crippen LogP contribution in [0, 0.1) is 0 Å². The molecular formula is C13H14N2O3S. The van der Waals surface area contributed by atoms with E-state index in [2.05, 4.69) is 5.32 Å². The average Bonchev–Trinajstić information content (AvgIpc) is 3.05. The Balaban J connectivity index is 1.91. The lowest BCUT2D eigenvalue weighted by Crippen LogP contribution is -2.45. The van der Waals surface area contributed by atoms with Gasteiger partial charge in [0.05, 0.1) is 6.04 Å². The van der Waals surface area contributed by atoms with Crippen LogP contribution < -0.4 is 10.2 Å². The molecule has 0 spiro atoms. The van der Waals surface area contributed by atoms with Crippen LogP contribution in [0.2, 0.25) is 0 Å². The van der Waals surface area contributed by atoms with E-state index in [0.717, 1.165) is 22.9 Å². The third-order valence-corrected chi connectivity index (χ3v) is 4.49. The van der Waals surface area contributed by atoms with Gasteiger partial charge in [-0.1, -0.05) is 18.2 Å². The molecule has 1 saturated heterocycles. The summed E-state index contributed by atoms with van der Waals surface area (Å²) < 4.78 is 0. The van der Waals surface area contributed by atoms with Crippen LogP contribution in [0.5, 0.6) is 0 Å². The summed E-state index contributed by atoms with van der Waals surface area (Å²) in [6, 6.07) is 7.05. The Kier molecular flexibility index (Phi) is 3.20. The van der Waals surface area contributed by atoms with Crippen LogP contribution in [-0.4, -0.2) is 41.2 Å². The second-order valence-corrected chi connectivity index (χ2v) is 5.70. The van der Waals surface area contributed by atoms with Gasteiger partial charge in [0.1, 0.15) is 5.92 Å². The average molecular weight is 278 g/mol. The van der Waals surface area contributed by atoms with E-state index in [1.165, 1.54) is 0 Å². The Hall–Kier alpha value is -1.53. The largest absolute Gasteiger partial charge is 0.481 e. The molecule has 19 heavy (non-hydrogen) atoms. The van der Waals surface area contributed by atoms with Crippen molar-refractivity contribution in [3.63, 3.8) is 0 Å². The normalized spacial score (nSPS) is 25.4. The Labute approximate surface area is 115 Å². The quantitative estimate of drug-likeness (QED) is 0.840. The molecule has 6 heteroatoms. The highest BCUT2D eigenvalue weighted by atomic mass is 32.2. The molecule has 1 aromatic rings. The minimum Gasteiger partial charge on any atom is -0.481 e. The smallest absolute Gasteiger partial charge is 0.312 e. The van der Waals surface area contributed by atoms with Crippen LogP contribution >= 0.6 is 11.8 Å². The van der Waals surface area contributed by atoms with Crippen molar-refractivity contribution in [1.82, 2.24) is 5.32 Å². The van der Waals surface area contributed by atoms with Crippen LogP contribution in [0.1, 0.15) is 11.5 Å². The maximum absolute atomic E-state index is 12.4. The Bertz CT molecular complexity index is 528. The molecule has 0 bridgehead atoms. The zero-order valence-electron chi connectivity index (χ0n) is 10.2. The van der Waals surface area contributed by atoms with Gasteiger partial charge in [-0.3, -0.25) is 14.9 Å². The number of carboxylic acid groups (broad SMARTS) is 1. The number of anilines is 1. The Morgan fingerprint density at radius 3 is 2.84 bits per heavy atom. The van der Waals surface area contributed by atoms with E-state index >= 15 is 0 Å². The molecule has 0 aromatic heterocycles. The van der Waals surface area contributed by atoms with E-state index < -0.39 is 11.9 Å². The first kappa shape index (κ1) is 12.5. The lowest BCUT2D eigenvalue weighted by atomic mass is 10.0. The summed E-state index contributed by atoms with van der Waals surface area (Å²) in [5.74, 6) is -0.00403. The molecule has 2 atom stereocenters. The molecule has 3 rings (SSSR count). The number of aliphatic carboxylic acids is 1. The summed E-state index contributed by atoms with van der Waals surface area (Å²) in [4.78, 5) is 25.3. The van der Waals surface area contributed by atoms with E-state index in [9.17, 15) is 14.7 Å². The number of fused-ring (bicyclic) bond motifs is 1. The lowest BCUT2D eigenvalue weighted by Gasteiger charge is -2.21. The topological polar surface area (TPSA) is 69.6 Å². The minimum atomic E-state index is -0.878. The second kappa shape index (κ2) is 4.86. The maximum Gasteiger partial charge on any atom is 0.312 e. The number of carboxylic acids is 1. The summed E-state index contributed by atoms with van der Waals surface area (Å²) in [5, 5.41) is 12.4. The fourth-order valence-corrected chi connectivity index (χ4v) is 3.50. The summed E-state index contributed by atoms with van der Waals surface area (Å²) >= 11 is 1.68. The number of thioether (sulfide) groups is 1. The number of carbonyl (C=O) groups excluding carboxylic acids is 1. The fraction of sp³-hybridized carbons (Fsp3) is 0.385.